The summed E-state index contributed by atoms with van der Waals surface area (Å²) in [7, 11) is -3.86. The molecule has 3 N–H and O–H groups in total. The van der Waals surface area contributed by atoms with E-state index in [1.54, 1.807) is 6.92 Å². The molecule has 0 saturated heterocycles. The van der Waals surface area contributed by atoms with Gasteiger partial charge in [-0.1, -0.05) is 91.4 Å². The van der Waals surface area contributed by atoms with Gasteiger partial charge in [0.1, 0.15) is 4.90 Å². The van der Waals surface area contributed by atoms with E-state index in [0.717, 1.165) is 25.3 Å². The summed E-state index contributed by atoms with van der Waals surface area (Å²) in [5, 5.41) is 30.4. The molecule has 1 rings (SSSR count). The van der Waals surface area contributed by atoms with Crippen LogP contribution < -0.4 is 0 Å². The van der Waals surface area contributed by atoms with Crippen LogP contribution in [0.1, 0.15) is 104 Å². The molecule has 1 aromatic rings. The van der Waals surface area contributed by atoms with Crippen LogP contribution in [0.2, 0.25) is 0 Å². The van der Waals surface area contributed by atoms with E-state index in [0.29, 0.717) is 13.0 Å². The second kappa shape index (κ2) is 14.8. The lowest BCUT2D eigenvalue weighted by molar-refractivity contribution is 0.193. The highest BCUT2D eigenvalue weighted by molar-refractivity contribution is 7.91. The molecule has 2 atom stereocenters. The Kier molecular flexibility index (Phi) is 13.3. The molecule has 1 heterocycles. The first-order chi connectivity index (χ1) is 14.8. The van der Waals surface area contributed by atoms with Gasteiger partial charge in [-0.2, -0.15) is 0 Å². The van der Waals surface area contributed by atoms with Gasteiger partial charge in [0, 0.05) is 12.6 Å². The van der Waals surface area contributed by atoms with Crippen molar-refractivity contribution in [1.82, 2.24) is 4.57 Å². The second-order valence-corrected chi connectivity index (χ2v) is 10.9. The van der Waals surface area contributed by atoms with Crippen LogP contribution in [0.5, 0.6) is 11.8 Å². The van der Waals surface area contributed by atoms with Crippen LogP contribution >= 0.6 is 0 Å². The van der Waals surface area contributed by atoms with E-state index in [1.807, 2.05) is 0 Å². The first-order valence-corrected chi connectivity index (χ1v) is 13.9. The zero-order valence-corrected chi connectivity index (χ0v) is 20.7. The van der Waals surface area contributed by atoms with Gasteiger partial charge in [-0.25, -0.2) is 8.42 Å². The maximum absolute atomic E-state index is 12.5. The highest BCUT2D eigenvalue weighted by Crippen LogP contribution is 2.34. The summed E-state index contributed by atoms with van der Waals surface area (Å²) in [6.07, 6.45) is 14.0. The van der Waals surface area contributed by atoms with Crippen molar-refractivity contribution in [3.05, 3.63) is 6.07 Å². The average Bonchev–Trinajstić information content (AvgIpc) is 3.02. The van der Waals surface area contributed by atoms with Crippen molar-refractivity contribution in [3.63, 3.8) is 0 Å². The number of rotatable bonds is 18. The zero-order chi connectivity index (χ0) is 23.3. The fourth-order valence-electron chi connectivity index (χ4n) is 3.97. The number of aromatic hydroxyl groups is 2. The van der Waals surface area contributed by atoms with E-state index in [-0.39, 0.29) is 16.7 Å². The lowest BCUT2D eigenvalue weighted by Gasteiger charge is -2.17. The summed E-state index contributed by atoms with van der Waals surface area (Å²) >= 11 is 0. The minimum Gasteiger partial charge on any atom is -0.494 e. The Balaban J connectivity index is 2.49. The van der Waals surface area contributed by atoms with Crippen molar-refractivity contribution in [2.75, 3.05) is 5.75 Å². The van der Waals surface area contributed by atoms with Gasteiger partial charge < -0.3 is 15.3 Å². The number of hydrogen-bond donors (Lipinski definition) is 3. The summed E-state index contributed by atoms with van der Waals surface area (Å²) in [6, 6.07) is 1.10. The topological polar surface area (TPSA) is 99.8 Å². The van der Waals surface area contributed by atoms with Crippen molar-refractivity contribution in [2.45, 2.75) is 122 Å². The molecular weight excluding hydrogens is 414 g/mol. The van der Waals surface area contributed by atoms with E-state index in [9.17, 15) is 23.7 Å². The molecule has 0 amide bonds. The van der Waals surface area contributed by atoms with Crippen LogP contribution in [0.25, 0.3) is 0 Å². The number of aliphatic hydroxyl groups excluding tert-OH is 1. The van der Waals surface area contributed by atoms with E-state index in [2.05, 4.69) is 13.8 Å². The monoisotopic (exact) mass is 459 g/mol. The van der Waals surface area contributed by atoms with Crippen LogP contribution in [-0.4, -0.2) is 40.2 Å². The zero-order valence-electron chi connectivity index (χ0n) is 19.9. The predicted molar refractivity (Wildman–Crippen MR) is 126 cm³/mol. The van der Waals surface area contributed by atoms with Gasteiger partial charge in [-0.05, 0) is 18.8 Å². The molecule has 0 bridgehead atoms. The van der Waals surface area contributed by atoms with Crippen LogP contribution in [0.4, 0.5) is 0 Å². The molecule has 6 nitrogen and oxygen atoms in total. The number of nitrogens with zero attached hydrogens (tertiary/aromatic N) is 1. The predicted octanol–water partition coefficient (Wildman–Crippen LogP) is 5.78. The minimum absolute atomic E-state index is 0.247. The van der Waals surface area contributed by atoms with Crippen LogP contribution in [0, 0.1) is 5.92 Å². The van der Waals surface area contributed by atoms with E-state index in [4.69, 9.17) is 0 Å². The van der Waals surface area contributed by atoms with Gasteiger partial charge in [0.2, 0.25) is 5.88 Å². The highest BCUT2D eigenvalue weighted by Gasteiger charge is 2.28. The third-order valence-corrected chi connectivity index (χ3v) is 8.01. The molecule has 0 fully saturated rings. The first kappa shape index (κ1) is 27.8. The number of aromatic nitrogens is 1. The molecule has 0 aliphatic heterocycles. The highest BCUT2D eigenvalue weighted by atomic mass is 32.2. The fraction of sp³-hybridized carbons (Fsp3) is 0.833. The summed E-state index contributed by atoms with van der Waals surface area (Å²) in [6.45, 7) is 6.40. The Labute approximate surface area is 189 Å². The van der Waals surface area contributed by atoms with Crippen molar-refractivity contribution < 1.29 is 23.7 Å². The number of hydrogen-bond acceptors (Lipinski definition) is 5. The number of unbranched alkanes of at least 4 members (excludes halogenated alkanes) is 9. The lowest BCUT2D eigenvalue weighted by Crippen LogP contribution is -2.20. The van der Waals surface area contributed by atoms with Gasteiger partial charge in [-0.3, -0.25) is 4.57 Å². The second-order valence-electron chi connectivity index (χ2n) is 8.89. The smallest absolute Gasteiger partial charge is 0.213 e. The van der Waals surface area contributed by atoms with Gasteiger partial charge in [-0.15, -0.1) is 0 Å². The molecule has 0 radical (unpaired) electrons. The van der Waals surface area contributed by atoms with E-state index >= 15 is 0 Å². The molecule has 2 unspecified atom stereocenters. The third-order valence-electron chi connectivity index (χ3n) is 6.21. The molecular formula is C24H45NO5S. The Morgan fingerprint density at radius 2 is 1.42 bits per heavy atom. The Hall–Kier alpha value is -1.21. The lowest BCUT2D eigenvalue weighted by atomic mass is 9.97. The van der Waals surface area contributed by atoms with Gasteiger partial charge in [0.05, 0.1) is 11.9 Å². The molecule has 0 spiro atoms. The first-order valence-electron chi connectivity index (χ1n) is 12.3. The molecule has 182 valence electrons. The Morgan fingerprint density at radius 1 is 0.871 bits per heavy atom. The minimum atomic E-state index is -3.86. The summed E-state index contributed by atoms with van der Waals surface area (Å²) in [5.74, 6) is -0.878. The van der Waals surface area contributed by atoms with Gasteiger partial charge in [0.25, 0.3) is 0 Å². The van der Waals surface area contributed by atoms with E-state index < -0.39 is 27.6 Å². The molecule has 7 heteroatoms. The standard InChI is InChI=1S/C24H45NO5S/c1-4-7-8-9-10-11-12-13-14-15-16-20(5-2)18-25-23(27)17-22(24(25)28)31(29,30)19-21(26)6-3/h17,20-21,26-28H,4-16,18-19H2,1-3H3. The maximum atomic E-state index is 12.5. The normalized spacial score (nSPS) is 14.1. The van der Waals surface area contributed by atoms with Crippen molar-refractivity contribution in [2.24, 2.45) is 5.92 Å². The number of aliphatic hydroxyl groups is 1. The fourth-order valence-corrected chi connectivity index (χ4v) is 5.57. The van der Waals surface area contributed by atoms with Gasteiger partial charge in [0.15, 0.2) is 15.7 Å². The summed E-state index contributed by atoms with van der Waals surface area (Å²) in [4.78, 5) is -0.300. The summed E-state index contributed by atoms with van der Waals surface area (Å²) in [5.41, 5.74) is 0. The molecule has 0 aliphatic carbocycles. The average molecular weight is 460 g/mol. The molecule has 0 aromatic carbocycles. The SMILES string of the molecule is CCCCCCCCCCCCC(CC)Cn1c(O)cc(S(=O)(=O)CC(O)CC)c1O. The van der Waals surface area contributed by atoms with Crippen LogP contribution in [0.15, 0.2) is 11.0 Å². The molecule has 1 aromatic heterocycles. The largest absolute Gasteiger partial charge is 0.494 e. The molecule has 31 heavy (non-hydrogen) atoms. The summed E-state index contributed by atoms with van der Waals surface area (Å²) < 4.78 is 26.2. The van der Waals surface area contributed by atoms with Crippen molar-refractivity contribution >= 4 is 9.84 Å². The van der Waals surface area contributed by atoms with Crippen LogP contribution in [-0.2, 0) is 16.4 Å². The number of sulfone groups is 1. The van der Waals surface area contributed by atoms with Crippen molar-refractivity contribution in [1.29, 1.82) is 0 Å². The quantitative estimate of drug-likeness (QED) is 0.242. The van der Waals surface area contributed by atoms with Gasteiger partial charge >= 0.3 is 0 Å². The maximum Gasteiger partial charge on any atom is 0.213 e. The van der Waals surface area contributed by atoms with Crippen LogP contribution in [0.3, 0.4) is 0 Å². The molecule has 0 aliphatic rings. The Morgan fingerprint density at radius 3 is 1.94 bits per heavy atom. The van der Waals surface area contributed by atoms with E-state index in [1.165, 1.54) is 62.4 Å². The molecule has 0 saturated carbocycles. The Bertz CT molecular complexity index is 714. The van der Waals surface area contributed by atoms with Crippen molar-refractivity contribution in [3.8, 4) is 11.8 Å². The third kappa shape index (κ3) is 9.85.